The first-order chi connectivity index (χ1) is 12.8. The van der Waals surface area contributed by atoms with E-state index in [1.54, 1.807) is 11.9 Å². The van der Waals surface area contributed by atoms with Gasteiger partial charge in [0.15, 0.2) is 0 Å². The fourth-order valence-corrected chi connectivity index (χ4v) is 4.76. The van der Waals surface area contributed by atoms with Gasteiger partial charge in [0.05, 0.1) is 0 Å². The summed E-state index contributed by atoms with van der Waals surface area (Å²) < 4.78 is 53.6. The second kappa shape index (κ2) is 7.74. The van der Waals surface area contributed by atoms with Gasteiger partial charge < -0.3 is 4.90 Å². The zero-order chi connectivity index (χ0) is 19.6. The Kier molecular flexibility index (Phi) is 5.57. The zero-order valence-electron chi connectivity index (χ0n) is 14.8. The molecular weight excluding hydrogens is 374 g/mol. The lowest BCUT2D eigenvalue weighted by Gasteiger charge is -2.32. The number of carbonyl (C=O) groups is 1. The molecule has 0 saturated carbocycles. The normalized spacial score (nSPS) is 16.3. The van der Waals surface area contributed by atoms with E-state index >= 15 is 0 Å². The van der Waals surface area contributed by atoms with Gasteiger partial charge in [-0.2, -0.15) is 4.31 Å². The van der Waals surface area contributed by atoms with Crippen molar-refractivity contribution in [1.29, 1.82) is 0 Å². The van der Waals surface area contributed by atoms with E-state index in [1.807, 2.05) is 30.3 Å². The molecule has 8 heteroatoms. The highest BCUT2D eigenvalue weighted by molar-refractivity contribution is 7.89. The average molecular weight is 394 g/mol. The number of rotatable bonds is 4. The van der Waals surface area contributed by atoms with E-state index in [4.69, 9.17) is 0 Å². The molecule has 144 valence electrons. The first-order valence-electron chi connectivity index (χ1n) is 8.58. The van der Waals surface area contributed by atoms with Gasteiger partial charge in [0.2, 0.25) is 15.9 Å². The van der Waals surface area contributed by atoms with Crippen LogP contribution in [0.2, 0.25) is 0 Å². The minimum absolute atomic E-state index is 0.0807. The van der Waals surface area contributed by atoms with Crippen LogP contribution < -0.4 is 4.90 Å². The lowest BCUT2D eigenvalue weighted by atomic mass is 9.96. The zero-order valence-corrected chi connectivity index (χ0v) is 15.6. The van der Waals surface area contributed by atoms with Crippen LogP contribution in [0.5, 0.6) is 0 Å². The maximum absolute atomic E-state index is 13.9. The molecule has 0 spiro atoms. The van der Waals surface area contributed by atoms with Crippen LogP contribution in [0.15, 0.2) is 53.4 Å². The van der Waals surface area contributed by atoms with Gasteiger partial charge in [-0.05, 0) is 43.2 Å². The molecule has 0 aliphatic carbocycles. The first-order valence-corrected chi connectivity index (χ1v) is 10.0. The molecule has 27 heavy (non-hydrogen) atoms. The monoisotopic (exact) mass is 394 g/mol. The topological polar surface area (TPSA) is 57.7 Å². The first kappa shape index (κ1) is 19.4. The van der Waals surface area contributed by atoms with Gasteiger partial charge >= 0.3 is 0 Å². The molecular formula is C19H20F2N2O3S. The summed E-state index contributed by atoms with van der Waals surface area (Å²) >= 11 is 0. The summed E-state index contributed by atoms with van der Waals surface area (Å²) in [4.78, 5) is 13.6. The standard InChI is InChI=1S/C19H20F2N2O3S/c1-22(16-5-3-2-4-6-16)19(24)14-9-11-23(12-10-14)27(25,26)18-13-15(20)7-8-17(18)21/h2-8,13-14H,9-12H2,1H3. The van der Waals surface area contributed by atoms with Crippen molar-refractivity contribution < 1.29 is 22.0 Å². The van der Waals surface area contributed by atoms with E-state index in [-0.39, 0.29) is 24.9 Å². The third-order valence-electron chi connectivity index (χ3n) is 4.79. The van der Waals surface area contributed by atoms with Crippen LogP contribution in [0.25, 0.3) is 0 Å². The highest BCUT2D eigenvalue weighted by atomic mass is 32.2. The molecule has 1 saturated heterocycles. The Morgan fingerprint density at radius 3 is 2.33 bits per heavy atom. The summed E-state index contributed by atoms with van der Waals surface area (Å²) in [5, 5.41) is 0. The number of anilines is 1. The molecule has 2 aromatic rings. The summed E-state index contributed by atoms with van der Waals surface area (Å²) in [6.07, 6.45) is 0.651. The highest BCUT2D eigenvalue weighted by Crippen LogP contribution is 2.27. The lowest BCUT2D eigenvalue weighted by molar-refractivity contribution is -0.123. The average Bonchev–Trinajstić information content (AvgIpc) is 2.69. The van der Waals surface area contributed by atoms with Gasteiger partial charge in [0.1, 0.15) is 16.5 Å². The maximum atomic E-state index is 13.9. The fourth-order valence-electron chi connectivity index (χ4n) is 3.21. The second-order valence-electron chi connectivity index (χ2n) is 6.49. The summed E-state index contributed by atoms with van der Waals surface area (Å²) in [6.45, 7) is 0.161. The molecule has 1 fully saturated rings. The Morgan fingerprint density at radius 1 is 1.07 bits per heavy atom. The van der Waals surface area contributed by atoms with E-state index < -0.39 is 26.6 Å². The SMILES string of the molecule is CN(C(=O)C1CCN(S(=O)(=O)c2cc(F)ccc2F)CC1)c1ccccc1. The van der Waals surface area contributed by atoms with Crippen molar-refractivity contribution in [2.24, 2.45) is 5.92 Å². The molecule has 0 aromatic heterocycles. The van der Waals surface area contributed by atoms with Crippen LogP contribution in [-0.4, -0.2) is 38.8 Å². The number of halogens is 2. The van der Waals surface area contributed by atoms with Crippen molar-refractivity contribution in [2.75, 3.05) is 25.0 Å². The van der Waals surface area contributed by atoms with E-state index in [1.165, 1.54) is 0 Å². The minimum Gasteiger partial charge on any atom is -0.315 e. The largest absolute Gasteiger partial charge is 0.315 e. The van der Waals surface area contributed by atoms with Gasteiger partial charge in [-0.1, -0.05) is 18.2 Å². The molecule has 1 aliphatic rings. The third-order valence-corrected chi connectivity index (χ3v) is 6.70. The van der Waals surface area contributed by atoms with Crippen LogP contribution in [-0.2, 0) is 14.8 Å². The Balaban J connectivity index is 1.70. The molecule has 5 nitrogen and oxygen atoms in total. The molecule has 0 atom stereocenters. The second-order valence-corrected chi connectivity index (χ2v) is 8.39. The molecule has 0 unspecified atom stereocenters. The molecule has 1 amide bonds. The van der Waals surface area contributed by atoms with Gasteiger partial charge in [-0.15, -0.1) is 0 Å². The van der Waals surface area contributed by atoms with Crippen LogP contribution in [0.3, 0.4) is 0 Å². The molecule has 2 aromatic carbocycles. The Bertz CT molecular complexity index is 927. The number of benzene rings is 2. The van der Waals surface area contributed by atoms with E-state index in [2.05, 4.69) is 0 Å². The van der Waals surface area contributed by atoms with Crippen LogP contribution >= 0.6 is 0 Å². The summed E-state index contributed by atoms with van der Waals surface area (Å²) in [5.74, 6) is -2.21. The third kappa shape index (κ3) is 4.01. The van der Waals surface area contributed by atoms with Crippen molar-refractivity contribution in [1.82, 2.24) is 4.31 Å². The lowest BCUT2D eigenvalue weighted by Crippen LogP contribution is -2.43. The fraction of sp³-hybridized carbons (Fsp3) is 0.316. The number of piperidine rings is 1. The number of para-hydroxylation sites is 1. The Hall–Kier alpha value is -2.32. The number of nitrogens with zero attached hydrogens (tertiary/aromatic N) is 2. The molecule has 3 rings (SSSR count). The molecule has 1 aliphatic heterocycles. The maximum Gasteiger partial charge on any atom is 0.246 e. The van der Waals surface area contributed by atoms with Crippen molar-refractivity contribution >= 4 is 21.6 Å². The van der Waals surface area contributed by atoms with Gasteiger partial charge in [0, 0.05) is 31.7 Å². The predicted octanol–water partition coefficient (Wildman–Crippen LogP) is 3.03. The minimum atomic E-state index is -4.14. The van der Waals surface area contributed by atoms with E-state index in [9.17, 15) is 22.0 Å². The van der Waals surface area contributed by atoms with E-state index in [0.717, 1.165) is 22.1 Å². The molecule has 1 heterocycles. The number of hydrogen-bond donors (Lipinski definition) is 0. The Morgan fingerprint density at radius 2 is 1.70 bits per heavy atom. The summed E-state index contributed by atoms with van der Waals surface area (Å²) in [5.41, 5.74) is 0.763. The Labute approximate surface area is 157 Å². The number of amides is 1. The molecule has 0 N–H and O–H groups in total. The van der Waals surface area contributed by atoms with Crippen molar-refractivity contribution in [2.45, 2.75) is 17.7 Å². The van der Waals surface area contributed by atoms with Crippen LogP contribution in [0.1, 0.15) is 12.8 Å². The smallest absolute Gasteiger partial charge is 0.246 e. The molecule has 0 bridgehead atoms. The van der Waals surface area contributed by atoms with Crippen molar-refractivity contribution in [3.63, 3.8) is 0 Å². The van der Waals surface area contributed by atoms with Crippen molar-refractivity contribution in [3.8, 4) is 0 Å². The van der Waals surface area contributed by atoms with Gasteiger partial charge in [-0.25, -0.2) is 17.2 Å². The van der Waals surface area contributed by atoms with Crippen LogP contribution in [0.4, 0.5) is 14.5 Å². The van der Waals surface area contributed by atoms with Crippen LogP contribution in [0, 0.1) is 17.6 Å². The number of hydrogen-bond acceptors (Lipinski definition) is 3. The molecule has 0 radical (unpaired) electrons. The highest BCUT2D eigenvalue weighted by Gasteiger charge is 2.34. The van der Waals surface area contributed by atoms with Crippen molar-refractivity contribution in [3.05, 3.63) is 60.2 Å². The number of sulfonamides is 1. The van der Waals surface area contributed by atoms with E-state index in [0.29, 0.717) is 18.9 Å². The summed E-state index contributed by atoms with van der Waals surface area (Å²) in [7, 11) is -2.46. The number of carbonyl (C=O) groups excluding carboxylic acids is 1. The summed E-state index contributed by atoms with van der Waals surface area (Å²) in [6, 6.07) is 11.5. The van der Waals surface area contributed by atoms with Gasteiger partial charge in [0.25, 0.3) is 0 Å². The quantitative estimate of drug-likeness (QED) is 0.801. The predicted molar refractivity (Wildman–Crippen MR) is 97.7 cm³/mol. The van der Waals surface area contributed by atoms with Gasteiger partial charge in [-0.3, -0.25) is 4.79 Å².